The van der Waals surface area contributed by atoms with Crippen LogP contribution in [0, 0.1) is 11.8 Å². The number of nitrogens with one attached hydrogen (secondary N) is 2. The Balaban J connectivity index is 1.31. The number of aromatic nitrogens is 1. The van der Waals surface area contributed by atoms with Gasteiger partial charge in [0.05, 0.1) is 5.69 Å². The van der Waals surface area contributed by atoms with Gasteiger partial charge in [-0.3, -0.25) is 4.79 Å². The summed E-state index contributed by atoms with van der Waals surface area (Å²) in [6.07, 6.45) is 2.28. The van der Waals surface area contributed by atoms with E-state index in [-0.39, 0.29) is 5.91 Å². The highest BCUT2D eigenvalue weighted by atomic mass is 16.5. The zero-order chi connectivity index (χ0) is 20.6. The van der Waals surface area contributed by atoms with Gasteiger partial charge < -0.3 is 19.9 Å². The predicted molar refractivity (Wildman–Crippen MR) is 115 cm³/mol. The molecule has 0 saturated carbocycles. The van der Waals surface area contributed by atoms with Crippen molar-refractivity contribution in [3.8, 4) is 5.75 Å². The molecule has 156 valence electrons. The van der Waals surface area contributed by atoms with Gasteiger partial charge in [0.1, 0.15) is 12.4 Å². The van der Waals surface area contributed by atoms with Crippen LogP contribution in [0.2, 0.25) is 0 Å². The maximum Gasteiger partial charge on any atom is 0.224 e. The summed E-state index contributed by atoms with van der Waals surface area (Å²) in [4.78, 5) is 12.5. The van der Waals surface area contributed by atoms with Crippen LogP contribution >= 0.6 is 0 Å². The van der Waals surface area contributed by atoms with E-state index in [2.05, 4.69) is 15.8 Å². The van der Waals surface area contributed by atoms with Crippen LogP contribution in [0.5, 0.6) is 5.75 Å². The van der Waals surface area contributed by atoms with Crippen LogP contribution in [0.3, 0.4) is 0 Å². The van der Waals surface area contributed by atoms with E-state index in [1.165, 1.54) is 0 Å². The molecule has 2 atom stereocenters. The van der Waals surface area contributed by atoms with Gasteiger partial charge in [-0.25, -0.2) is 0 Å². The Labute approximate surface area is 176 Å². The molecule has 30 heavy (non-hydrogen) atoms. The second kappa shape index (κ2) is 10.1. The molecule has 0 aliphatic carbocycles. The number of piperidine rings is 1. The minimum absolute atomic E-state index is 0.0650. The average Bonchev–Trinajstić information content (AvgIpc) is 3.22. The Kier molecular flexibility index (Phi) is 6.77. The summed E-state index contributed by atoms with van der Waals surface area (Å²) in [5.74, 6) is 2.23. The molecule has 1 aliphatic heterocycles. The van der Waals surface area contributed by atoms with Crippen molar-refractivity contribution in [2.75, 3.05) is 18.4 Å². The molecule has 0 bridgehead atoms. The molecule has 3 aromatic rings. The fraction of sp³-hybridized carbons (Fsp3) is 0.333. The molecule has 2 N–H and O–H groups in total. The molecule has 4 rings (SSSR count). The standard InChI is InChI=1S/C24H27N3O3/c28-24(26-20-7-3-1-4-8-20)14-18-11-12-25-16-19(18)13-21-15-23(30-27-21)17-29-22-9-5-2-6-10-22/h1-10,15,18-19,25H,11-14,16-17H2,(H,26,28)/t18-,19+/m1/s1. The van der Waals surface area contributed by atoms with E-state index in [1.807, 2.05) is 66.7 Å². The highest BCUT2D eigenvalue weighted by Crippen LogP contribution is 2.27. The van der Waals surface area contributed by atoms with Crippen molar-refractivity contribution < 1.29 is 14.1 Å². The second-order valence-electron chi connectivity index (χ2n) is 7.72. The number of para-hydroxylation sites is 2. The first-order valence-corrected chi connectivity index (χ1v) is 10.4. The minimum Gasteiger partial charge on any atom is -0.486 e. The molecular formula is C24H27N3O3. The number of ether oxygens (including phenoxy) is 1. The van der Waals surface area contributed by atoms with Crippen molar-refractivity contribution in [1.82, 2.24) is 10.5 Å². The van der Waals surface area contributed by atoms with E-state index in [0.29, 0.717) is 30.6 Å². The van der Waals surface area contributed by atoms with Gasteiger partial charge in [0.15, 0.2) is 5.76 Å². The lowest BCUT2D eigenvalue weighted by Gasteiger charge is -2.31. The molecule has 0 unspecified atom stereocenters. The number of carbonyl (C=O) groups excluding carboxylic acids is 1. The molecule has 6 heteroatoms. The van der Waals surface area contributed by atoms with Crippen LogP contribution in [-0.4, -0.2) is 24.2 Å². The maximum absolute atomic E-state index is 12.5. The summed E-state index contributed by atoms with van der Waals surface area (Å²) in [5, 5.41) is 10.7. The van der Waals surface area contributed by atoms with E-state index >= 15 is 0 Å². The largest absolute Gasteiger partial charge is 0.486 e. The van der Waals surface area contributed by atoms with Crippen LogP contribution in [0.1, 0.15) is 24.3 Å². The van der Waals surface area contributed by atoms with Gasteiger partial charge in [-0.1, -0.05) is 41.6 Å². The van der Waals surface area contributed by atoms with Crippen LogP contribution in [0.25, 0.3) is 0 Å². The molecule has 1 aromatic heterocycles. The maximum atomic E-state index is 12.5. The van der Waals surface area contributed by atoms with E-state index in [4.69, 9.17) is 9.26 Å². The van der Waals surface area contributed by atoms with E-state index in [1.54, 1.807) is 0 Å². The first-order valence-electron chi connectivity index (χ1n) is 10.4. The summed E-state index contributed by atoms with van der Waals surface area (Å²) < 4.78 is 11.2. The molecule has 2 aromatic carbocycles. The van der Waals surface area contributed by atoms with Crippen molar-refractivity contribution in [2.24, 2.45) is 11.8 Å². The zero-order valence-corrected chi connectivity index (χ0v) is 16.9. The number of carbonyl (C=O) groups is 1. The lowest BCUT2D eigenvalue weighted by atomic mass is 9.81. The van der Waals surface area contributed by atoms with Gasteiger partial charge in [-0.2, -0.15) is 0 Å². The Hall–Kier alpha value is -3.12. The number of anilines is 1. The SMILES string of the molecule is O=C(C[C@H]1CCNC[C@@H]1Cc1cc(COc2ccccc2)on1)Nc1ccccc1. The van der Waals surface area contributed by atoms with Gasteiger partial charge in [0, 0.05) is 18.2 Å². The summed E-state index contributed by atoms with van der Waals surface area (Å²) in [7, 11) is 0. The number of nitrogens with zero attached hydrogens (tertiary/aromatic N) is 1. The van der Waals surface area contributed by atoms with Crippen molar-refractivity contribution in [3.05, 3.63) is 78.2 Å². The molecule has 2 heterocycles. The highest BCUT2D eigenvalue weighted by Gasteiger charge is 2.28. The van der Waals surface area contributed by atoms with E-state index in [9.17, 15) is 4.79 Å². The summed E-state index contributed by atoms with van der Waals surface area (Å²) in [6, 6.07) is 21.2. The van der Waals surface area contributed by atoms with Crippen molar-refractivity contribution in [1.29, 1.82) is 0 Å². The third-order valence-electron chi connectivity index (χ3n) is 5.47. The van der Waals surface area contributed by atoms with Crippen LogP contribution in [0.4, 0.5) is 5.69 Å². The number of rotatable bonds is 8. The Morgan fingerprint density at radius 2 is 1.87 bits per heavy atom. The summed E-state index contributed by atoms with van der Waals surface area (Å²) >= 11 is 0. The lowest BCUT2D eigenvalue weighted by molar-refractivity contribution is -0.117. The second-order valence-corrected chi connectivity index (χ2v) is 7.72. The third kappa shape index (κ3) is 5.70. The van der Waals surface area contributed by atoms with Gasteiger partial charge in [0.25, 0.3) is 0 Å². The van der Waals surface area contributed by atoms with Gasteiger partial charge in [-0.05, 0) is 62.0 Å². The summed E-state index contributed by atoms with van der Waals surface area (Å²) in [5.41, 5.74) is 1.75. The number of benzene rings is 2. The van der Waals surface area contributed by atoms with E-state index < -0.39 is 0 Å². The number of amides is 1. The Bertz CT molecular complexity index is 927. The third-order valence-corrected chi connectivity index (χ3v) is 5.47. The highest BCUT2D eigenvalue weighted by molar-refractivity contribution is 5.90. The fourth-order valence-electron chi connectivity index (χ4n) is 3.92. The summed E-state index contributed by atoms with van der Waals surface area (Å²) in [6.45, 7) is 2.17. The zero-order valence-electron chi connectivity index (χ0n) is 16.9. The van der Waals surface area contributed by atoms with Gasteiger partial charge in [-0.15, -0.1) is 0 Å². The molecule has 0 radical (unpaired) electrons. The first kappa shape index (κ1) is 20.2. The number of hydrogen-bond donors (Lipinski definition) is 2. The Morgan fingerprint density at radius 1 is 1.10 bits per heavy atom. The molecule has 1 amide bonds. The topological polar surface area (TPSA) is 76.4 Å². The molecule has 6 nitrogen and oxygen atoms in total. The smallest absolute Gasteiger partial charge is 0.224 e. The molecular weight excluding hydrogens is 378 g/mol. The molecule has 1 saturated heterocycles. The first-order chi connectivity index (χ1) is 14.8. The van der Waals surface area contributed by atoms with E-state index in [0.717, 1.165) is 43.1 Å². The molecule has 1 fully saturated rings. The van der Waals surface area contributed by atoms with Crippen molar-refractivity contribution in [2.45, 2.75) is 25.9 Å². The molecule has 1 aliphatic rings. The minimum atomic E-state index is 0.0650. The van der Waals surface area contributed by atoms with Gasteiger partial charge in [0.2, 0.25) is 5.91 Å². The van der Waals surface area contributed by atoms with Crippen LogP contribution in [-0.2, 0) is 17.8 Å². The lowest BCUT2D eigenvalue weighted by Crippen LogP contribution is -2.39. The normalized spacial score (nSPS) is 18.7. The van der Waals surface area contributed by atoms with Crippen LogP contribution in [0.15, 0.2) is 71.3 Å². The average molecular weight is 405 g/mol. The van der Waals surface area contributed by atoms with Gasteiger partial charge >= 0.3 is 0 Å². The monoisotopic (exact) mass is 405 g/mol. The quantitative estimate of drug-likeness (QED) is 0.591. The fourth-order valence-corrected chi connectivity index (χ4v) is 3.92. The Morgan fingerprint density at radius 3 is 2.67 bits per heavy atom. The van der Waals surface area contributed by atoms with Crippen LogP contribution < -0.4 is 15.4 Å². The number of hydrogen-bond acceptors (Lipinski definition) is 5. The van der Waals surface area contributed by atoms with Crippen molar-refractivity contribution in [3.63, 3.8) is 0 Å². The molecule has 0 spiro atoms. The predicted octanol–water partition coefficient (Wildman–Crippen LogP) is 4.05. The van der Waals surface area contributed by atoms with Crippen molar-refractivity contribution >= 4 is 11.6 Å².